The third kappa shape index (κ3) is 3.30. The van der Waals surface area contributed by atoms with E-state index in [1.54, 1.807) is 12.1 Å². The van der Waals surface area contributed by atoms with Crippen LogP contribution in [0.25, 0.3) is 0 Å². The molecule has 0 heterocycles. The molecular formula is C12H14N2O2. The van der Waals surface area contributed by atoms with Crippen molar-refractivity contribution in [3.05, 3.63) is 29.3 Å². The molecule has 0 saturated heterocycles. The molecule has 0 aliphatic heterocycles. The summed E-state index contributed by atoms with van der Waals surface area (Å²) in [5, 5.41) is 11.9. The number of carbonyl (C=O) groups is 1. The summed E-state index contributed by atoms with van der Waals surface area (Å²) in [6.45, 7) is 0.782. The predicted octanol–water partition coefficient (Wildman–Crippen LogP) is 0.928. The summed E-state index contributed by atoms with van der Waals surface area (Å²) >= 11 is 0. The summed E-state index contributed by atoms with van der Waals surface area (Å²) in [4.78, 5) is 10.9. The van der Waals surface area contributed by atoms with Crippen molar-refractivity contribution >= 4 is 11.7 Å². The van der Waals surface area contributed by atoms with Crippen molar-refractivity contribution in [3.63, 3.8) is 0 Å². The van der Waals surface area contributed by atoms with Crippen LogP contribution in [-0.4, -0.2) is 24.7 Å². The fraction of sp³-hybridized carbons (Fsp3) is 0.250. The zero-order chi connectivity index (χ0) is 12.0. The summed E-state index contributed by atoms with van der Waals surface area (Å²) in [5.74, 6) is 4.72. The number of rotatable bonds is 3. The number of carboxylic acid groups (broad SMARTS) is 1. The fourth-order valence-corrected chi connectivity index (χ4v) is 1.19. The highest BCUT2D eigenvalue weighted by atomic mass is 16.4. The van der Waals surface area contributed by atoms with E-state index in [2.05, 4.69) is 17.2 Å². The van der Waals surface area contributed by atoms with Gasteiger partial charge in [0.25, 0.3) is 0 Å². The van der Waals surface area contributed by atoms with Gasteiger partial charge in [0, 0.05) is 24.2 Å². The monoisotopic (exact) mass is 218 g/mol. The van der Waals surface area contributed by atoms with E-state index in [0.717, 1.165) is 6.54 Å². The second-order valence-electron chi connectivity index (χ2n) is 3.27. The number of nitrogens with two attached hydrogens (primary N) is 1. The van der Waals surface area contributed by atoms with Gasteiger partial charge in [-0.05, 0) is 25.2 Å². The van der Waals surface area contributed by atoms with E-state index in [9.17, 15) is 4.79 Å². The molecule has 4 heteroatoms. The number of hydrogen-bond acceptors (Lipinski definition) is 3. The van der Waals surface area contributed by atoms with Crippen molar-refractivity contribution in [2.24, 2.45) is 0 Å². The fourth-order valence-electron chi connectivity index (χ4n) is 1.19. The molecule has 16 heavy (non-hydrogen) atoms. The molecule has 0 aliphatic rings. The molecule has 1 rings (SSSR count). The van der Waals surface area contributed by atoms with Gasteiger partial charge in [0.2, 0.25) is 0 Å². The first kappa shape index (κ1) is 12.1. The second kappa shape index (κ2) is 5.79. The molecule has 0 fully saturated rings. The maximum Gasteiger partial charge on any atom is 0.337 e. The highest BCUT2D eigenvalue weighted by molar-refractivity contribution is 5.91. The molecule has 0 bridgehead atoms. The Balaban J connectivity index is 2.93. The zero-order valence-electron chi connectivity index (χ0n) is 9.08. The van der Waals surface area contributed by atoms with Gasteiger partial charge < -0.3 is 16.2 Å². The van der Waals surface area contributed by atoms with Gasteiger partial charge in [-0.2, -0.15) is 0 Å². The highest BCUT2D eigenvalue weighted by Gasteiger charge is 2.08. The smallest absolute Gasteiger partial charge is 0.337 e. The van der Waals surface area contributed by atoms with Gasteiger partial charge in [-0.1, -0.05) is 11.8 Å². The van der Waals surface area contributed by atoms with Crippen molar-refractivity contribution in [2.75, 3.05) is 19.3 Å². The Morgan fingerprint density at radius 3 is 2.94 bits per heavy atom. The van der Waals surface area contributed by atoms with Crippen LogP contribution in [0.5, 0.6) is 0 Å². The van der Waals surface area contributed by atoms with E-state index in [4.69, 9.17) is 10.8 Å². The topological polar surface area (TPSA) is 75.3 Å². The number of nitrogens with one attached hydrogen (secondary N) is 1. The van der Waals surface area contributed by atoms with Crippen LogP contribution in [0.15, 0.2) is 18.2 Å². The molecule has 0 spiro atoms. The predicted molar refractivity (Wildman–Crippen MR) is 63.2 cm³/mol. The first-order valence-electron chi connectivity index (χ1n) is 4.91. The van der Waals surface area contributed by atoms with Crippen molar-refractivity contribution in [3.8, 4) is 11.8 Å². The third-order valence-corrected chi connectivity index (χ3v) is 2.00. The maximum absolute atomic E-state index is 10.9. The Morgan fingerprint density at radius 2 is 2.31 bits per heavy atom. The molecule has 4 N–H and O–H groups in total. The van der Waals surface area contributed by atoms with Crippen molar-refractivity contribution in [1.29, 1.82) is 0 Å². The van der Waals surface area contributed by atoms with Gasteiger partial charge in [0.15, 0.2) is 0 Å². The molecule has 0 aromatic heterocycles. The molecule has 4 nitrogen and oxygen atoms in total. The van der Waals surface area contributed by atoms with Gasteiger partial charge in [-0.15, -0.1) is 0 Å². The molecule has 84 valence electrons. The summed E-state index contributed by atoms with van der Waals surface area (Å²) in [5.41, 5.74) is 6.60. The van der Waals surface area contributed by atoms with Crippen LogP contribution < -0.4 is 11.1 Å². The lowest BCUT2D eigenvalue weighted by Gasteiger charge is -2.00. The molecule has 0 aliphatic carbocycles. The Labute approximate surface area is 94.5 Å². The van der Waals surface area contributed by atoms with Gasteiger partial charge in [0.1, 0.15) is 0 Å². The minimum atomic E-state index is -1.01. The molecule has 0 atom stereocenters. The Morgan fingerprint density at radius 1 is 1.56 bits per heavy atom. The maximum atomic E-state index is 10.9. The SMILES string of the molecule is CNCCC#Cc1ccc(N)cc1C(=O)O. The largest absolute Gasteiger partial charge is 0.478 e. The number of aromatic carboxylic acids is 1. The lowest BCUT2D eigenvalue weighted by molar-refractivity contribution is 0.0696. The Kier molecular flexibility index (Phi) is 4.37. The van der Waals surface area contributed by atoms with Gasteiger partial charge in [-0.3, -0.25) is 0 Å². The first-order valence-corrected chi connectivity index (χ1v) is 4.91. The summed E-state index contributed by atoms with van der Waals surface area (Å²) in [6.07, 6.45) is 0.680. The molecule has 0 radical (unpaired) electrons. The zero-order valence-corrected chi connectivity index (χ0v) is 9.08. The molecule has 1 aromatic carbocycles. The summed E-state index contributed by atoms with van der Waals surface area (Å²) < 4.78 is 0. The number of anilines is 1. The van der Waals surface area contributed by atoms with E-state index in [-0.39, 0.29) is 5.56 Å². The molecule has 0 saturated carbocycles. The van der Waals surface area contributed by atoms with E-state index in [1.807, 2.05) is 7.05 Å². The Hall–Kier alpha value is -1.99. The second-order valence-corrected chi connectivity index (χ2v) is 3.27. The van der Waals surface area contributed by atoms with E-state index >= 15 is 0 Å². The quantitative estimate of drug-likeness (QED) is 0.401. The number of benzene rings is 1. The lowest BCUT2D eigenvalue weighted by Crippen LogP contribution is -2.06. The van der Waals surface area contributed by atoms with Crippen LogP contribution in [0.2, 0.25) is 0 Å². The van der Waals surface area contributed by atoms with E-state index in [0.29, 0.717) is 17.7 Å². The van der Waals surface area contributed by atoms with Crippen LogP contribution in [0.4, 0.5) is 5.69 Å². The van der Waals surface area contributed by atoms with Crippen molar-refractivity contribution in [2.45, 2.75) is 6.42 Å². The van der Waals surface area contributed by atoms with Crippen LogP contribution in [0.3, 0.4) is 0 Å². The van der Waals surface area contributed by atoms with Crippen LogP contribution >= 0.6 is 0 Å². The minimum Gasteiger partial charge on any atom is -0.478 e. The molecule has 1 aromatic rings. The van der Waals surface area contributed by atoms with Gasteiger partial charge in [0.05, 0.1) is 5.56 Å². The Bertz CT molecular complexity index is 444. The standard InChI is InChI=1S/C12H14N2O2/c1-14-7-3-2-4-9-5-6-10(13)8-11(9)12(15)16/h5-6,8,14H,3,7,13H2,1H3,(H,15,16). The average Bonchev–Trinajstić information content (AvgIpc) is 2.26. The van der Waals surface area contributed by atoms with Gasteiger partial charge >= 0.3 is 5.97 Å². The number of hydrogen-bond donors (Lipinski definition) is 3. The molecular weight excluding hydrogens is 204 g/mol. The summed E-state index contributed by atoms with van der Waals surface area (Å²) in [6, 6.07) is 4.70. The number of carboxylic acids is 1. The summed E-state index contributed by atoms with van der Waals surface area (Å²) in [7, 11) is 1.84. The van der Waals surface area contributed by atoms with Crippen molar-refractivity contribution < 1.29 is 9.90 Å². The minimum absolute atomic E-state index is 0.150. The third-order valence-electron chi connectivity index (χ3n) is 2.00. The molecule has 0 unspecified atom stereocenters. The average molecular weight is 218 g/mol. The molecule has 0 amide bonds. The first-order chi connectivity index (χ1) is 7.65. The van der Waals surface area contributed by atoms with Crippen molar-refractivity contribution in [1.82, 2.24) is 5.32 Å². The van der Waals surface area contributed by atoms with Gasteiger partial charge in [-0.25, -0.2) is 4.79 Å². The van der Waals surface area contributed by atoms with Crippen LogP contribution in [-0.2, 0) is 0 Å². The lowest BCUT2D eigenvalue weighted by atomic mass is 10.1. The number of nitrogen functional groups attached to an aromatic ring is 1. The van der Waals surface area contributed by atoms with Crippen LogP contribution in [0.1, 0.15) is 22.3 Å². The highest BCUT2D eigenvalue weighted by Crippen LogP contribution is 2.12. The van der Waals surface area contributed by atoms with E-state index < -0.39 is 5.97 Å². The van der Waals surface area contributed by atoms with Crippen LogP contribution in [0, 0.1) is 11.8 Å². The normalized spacial score (nSPS) is 9.31. The van der Waals surface area contributed by atoms with E-state index in [1.165, 1.54) is 6.07 Å².